The molecule has 1 aromatic carbocycles. The lowest BCUT2D eigenvalue weighted by Crippen LogP contribution is -2.24. The largest absolute Gasteiger partial charge is 0.496 e. The monoisotopic (exact) mass is 285 g/mol. The van der Waals surface area contributed by atoms with E-state index < -0.39 is 6.10 Å². The van der Waals surface area contributed by atoms with Gasteiger partial charge in [0.1, 0.15) is 11.9 Å². The molecule has 1 N–H and O–H groups in total. The standard InChI is InChI=1S/C15H15N3O3/c1-21-13-7-3-2-6-11(13)12(19)10-18-15(20)17-9-5-4-8-14(17)16-18/h2-9,12,19H,10H2,1H3. The van der Waals surface area contributed by atoms with Crippen LogP contribution in [-0.4, -0.2) is 26.4 Å². The highest BCUT2D eigenvalue weighted by molar-refractivity contribution is 5.36. The topological polar surface area (TPSA) is 68.8 Å². The van der Waals surface area contributed by atoms with Crippen molar-refractivity contribution in [3.63, 3.8) is 0 Å². The Bertz CT molecular complexity index is 822. The van der Waals surface area contributed by atoms with E-state index in [9.17, 15) is 9.90 Å². The van der Waals surface area contributed by atoms with E-state index in [2.05, 4.69) is 5.10 Å². The Balaban J connectivity index is 1.95. The van der Waals surface area contributed by atoms with E-state index in [4.69, 9.17) is 4.74 Å². The van der Waals surface area contributed by atoms with Gasteiger partial charge < -0.3 is 9.84 Å². The summed E-state index contributed by atoms with van der Waals surface area (Å²) in [7, 11) is 1.54. The highest BCUT2D eigenvalue weighted by Gasteiger charge is 2.16. The molecule has 0 spiro atoms. The number of methoxy groups -OCH3 is 1. The quantitative estimate of drug-likeness (QED) is 0.783. The summed E-state index contributed by atoms with van der Waals surface area (Å²) < 4.78 is 7.92. The molecular formula is C15H15N3O3. The zero-order chi connectivity index (χ0) is 14.8. The van der Waals surface area contributed by atoms with Crippen molar-refractivity contribution in [1.29, 1.82) is 0 Å². The van der Waals surface area contributed by atoms with Crippen molar-refractivity contribution in [2.24, 2.45) is 0 Å². The predicted octanol–water partition coefficient (Wildman–Crippen LogP) is 1.24. The van der Waals surface area contributed by atoms with E-state index in [1.807, 2.05) is 18.2 Å². The molecule has 0 aliphatic heterocycles. The summed E-state index contributed by atoms with van der Waals surface area (Å²) in [6.45, 7) is 0.0703. The fourth-order valence-electron chi connectivity index (χ4n) is 2.29. The molecule has 2 heterocycles. The van der Waals surface area contributed by atoms with Crippen LogP contribution in [0.3, 0.4) is 0 Å². The molecule has 0 saturated carbocycles. The SMILES string of the molecule is COc1ccccc1C(O)Cn1nc2ccccn2c1=O. The fraction of sp³-hybridized carbons (Fsp3) is 0.200. The number of rotatable bonds is 4. The lowest BCUT2D eigenvalue weighted by molar-refractivity contribution is 0.146. The van der Waals surface area contributed by atoms with Gasteiger partial charge in [-0.2, -0.15) is 0 Å². The van der Waals surface area contributed by atoms with Crippen molar-refractivity contribution in [2.75, 3.05) is 7.11 Å². The summed E-state index contributed by atoms with van der Waals surface area (Å²) in [5.74, 6) is 0.585. The Labute approximate surface area is 120 Å². The van der Waals surface area contributed by atoms with Crippen LogP contribution in [0.15, 0.2) is 53.5 Å². The molecule has 6 heteroatoms. The molecule has 0 aliphatic rings. The first-order chi connectivity index (χ1) is 10.2. The van der Waals surface area contributed by atoms with Crippen LogP contribution in [0, 0.1) is 0 Å². The molecule has 0 aliphatic carbocycles. The third-order valence-corrected chi connectivity index (χ3v) is 3.33. The number of pyridine rings is 1. The van der Waals surface area contributed by atoms with Crippen molar-refractivity contribution in [3.8, 4) is 5.75 Å². The number of aliphatic hydroxyl groups is 1. The second-order valence-electron chi connectivity index (χ2n) is 4.65. The third kappa shape index (κ3) is 2.41. The van der Waals surface area contributed by atoms with Gasteiger partial charge in [-0.05, 0) is 18.2 Å². The first-order valence-electron chi connectivity index (χ1n) is 6.56. The molecule has 108 valence electrons. The third-order valence-electron chi connectivity index (χ3n) is 3.33. The second kappa shape index (κ2) is 5.41. The molecule has 6 nitrogen and oxygen atoms in total. The molecule has 0 saturated heterocycles. The Hall–Kier alpha value is -2.60. The van der Waals surface area contributed by atoms with Gasteiger partial charge >= 0.3 is 5.69 Å². The molecule has 2 aromatic heterocycles. The van der Waals surface area contributed by atoms with Gasteiger partial charge in [0.2, 0.25) is 0 Å². The number of hydrogen-bond acceptors (Lipinski definition) is 4. The van der Waals surface area contributed by atoms with E-state index in [0.29, 0.717) is 17.0 Å². The molecule has 0 radical (unpaired) electrons. The number of hydrogen-bond donors (Lipinski definition) is 1. The summed E-state index contributed by atoms with van der Waals surface area (Å²) in [5, 5.41) is 14.5. The van der Waals surface area contributed by atoms with Crippen molar-refractivity contribution < 1.29 is 9.84 Å². The van der Waals surface area contributed by atoms with E-state index in [-0.39, 0.29) is 12.2 Å². The van der Waals surface area contributed by atoms with Crippen LogP contribution < -0.4 is 10.4 Å². The highest BCUT2D eigenvalue weighted by atomic mass is 16.5. The van der Waals surface area contributed by atoms with Crippen LogP contribution >= 0.6 is 0 Å². The summed E-state index contributed by atoms with van der Waals surface area (Å²) in [6, 6.07) is 12.5. The van der Waals surface area contributed by atoms with Crippen molar-refractivity contribution in [3.05, 3.63) is 64.7 Å². The molecular weight excluding hydrogens is 270 g/mol. The number of benzene rings is 1. The summed E-state index contributed by atoms with van der Waals surface area (Å²) in [5.41, 5.74) is 0.901. The molecule has 1 atom stereocenters. The molecule has 0 fully saturated rings. The second-order valence-corrected chi connectivity index (χ2v) is 4.65. The molecule has 1 unspecified atom stereocenters. The van der Waals surface area contributed by atoms with Gasteiger partial charge in [-0.25, -0.2) is 9.48 Å². The number of aromatic nitrogens is 3. The fourth-order valence-corrected chi connectivity index (χ4v) is 2.29. The predicted molar refractivity (Wildman–Crippen MR) is 77.4 cm³/mol. The van der Waals surface area contributed by atoms with Crippen molar-refractivity contribution in [2.45, 2.75) is 12.6 Å². The lowest BCUT2D eigenvalue weighted by atomic mass is 10.1. The number of nitrogens with zero attached hydrogens (tertiary/aromatic N) is 3. The van der Waals surface area contributed by atoms with Crippen molar-refractivity contribution in [1.82, 2.24) is 14.2 Å². The normalized spacial score (nSPS) is 12.5. The lowest BCUT2D eigenvalue weighted by Gasteiger charge is -2.13. The Morgan fingerprint density at radius 1 is 1.24 bits per heavy atom. The van der Waals surface area contributed by atoms with E-state index >= 15 is 0 Å². The average Bonchev–Trinajstić information content (AvgIpc) is 2.84. The maximum Gasteiger partial charge on any atom is 0.350 e. The minimum absolute atomic E-state index is 0.0703. The number of para-hydroxylation sites is 1. The van der Waals surface area contributed by atoms with Crippen LogP contribution in [-0.2, 0) is 6.54 Å². The Morgan fingerprint density at radius 2 is 2.00 bits per heavy atom. The summed E-state index contributed by atoms with van der Waals surface area (Å²) in [4.78, 5) is 12.2. The molecule has 0 bridgehead atoms. The summed E-state index contributed by atoms with van der Waals surface area (Å²) in [6.07, 6.45) is 0.778. The maximum absolute atomic E-state index is 12.2. The van der Waals surface area contributed by atoms with Gasteiger partial charge in [0.25, 0.3) is 0 Å². The zero-order valence-electron chi connectivity index (χ0n) is 11.5. The number of aliphatic hydroxyl groups excluding tert-OH is 1. The van der Waals surface area contributed by atoms with Crippen LogP contribution in [0.5, 0.6) is 5.75 Å². The Morgan fingerprint density at radius 3 is 2.76 bits per heavy atom. The van der Waals surface area contributed by atoms with Crippen molar-refractivity contribution >= 4 is 5.65 Å². The molecule has 3 rings (SSSR count). The number of fused-ring (bicyclic) bond motifs is 1. The van der Waals surface area contributed by atoms with E-state index in [1.54, 1.807) is 37.6 Å². The number of ether oxygens (including phenoxy) is 1. The van der Waals surface area contributed by atoms with Gasteiger partial charge in [0.15, 0.2) is 5.65 Å². The highest BCUT2D eigenvalue weighted by Crippen LogP contribution is 2.25. The minimum atomic E-state index is -0.872. The van der Waals surface area contributed by atoms with Crippen LogP contribution in [0.4, 0.5) is 0 Å². The first kappa shape index (κ1) is 13.4. The van der Waals surface area contributed by atoms with Crippen LogP contribution in [0.1, 0.15) is 11.7 Å². The molecule has 3 aromatic rings. The van der Waals surface area contributed by atoms with Gasteiger partial charge in [-0.1, -0.05) is 24.3 Å². The minimum Gasteiger partial charge on any atom is -0.496 e. The van der Waals surface area contributed by atoms with Crippen LogP contribution in [0.2, 0.25) is 0 Å². The average molecular weight is 285 g/mol. The van der Waals surface area contributed by atoms with Crippen LogP contribution in [0.25, 0.3) is 5.65 Å². The zero-order valence-corrected chi connectivity index (χ0v) is 11.5. The van der Waals surface area contributed by atoms with Gasteiger partial charge in [-0.3, -0.25) is 4.40 Å². The van der Waals surface area contributed by atoms with E-state index in [0.717, 1.165) is 0 Å². The van der Waals surface area contributed by atoms with Gasteiger partial charge in [0, 0.05) is 11.8 Å². The first-order valence-corrected chi connectivity index (χ1v) is 6.56. The van der Waals surface area contributed by atoms with Gasteiger partial charge in [0.05, 0.1) is 13.7 Å². The van der Waals surface area contributed by atoms with E-state index in [1.165, 1.54) is 9.08 Å². The smallest absolute Gasteiger partial charge is 0.350 e. The summed E-state index contributed by atoms with van der Waals surface area (Å²) >= 11 is 0. The molecule has 0 amide bonds. The maximum atomic E-state index is 12.2. The Kier molecular flexibility index (Phi) is 3.45. The molecule has 21 heavy (non-hydrogen) atoms. The van der Waals surface area contributed by atoms with Gasteiger partial charge in [-0.15, -0.1) is 5.10 Å².